The molecule has 1 atom stereocenters. The van der Waals surface area contributed by atoms with E-state index in [0.29, 0.717) is 24.4 Å². The number of aryl methyl sites for hydroxylation is 1. The molecule has 134 valence electrons. The highest BCUT2D eigenvalue weighted by atomic mass is 35.5. The molecule has 0 radical (unpaired) electrons. The summed E-state index contributed by atoms with van der Waals surface area (Å²) >= 11 is 1.38. The van der Waals surface area contributed by atoms with E-state index in [9.17, 15) is 9.18 Å². The zero-order valence-corrected chi connectivity index (χ0v) is 16.0. The molecule has 0 aliphatic heterocycles. The summed E-state index contributed by atoms with van der Waals surface area (Å²) in [5.74, 6) is -0.121. The number of halogens is 3. The van der Waals surface area contributed by atoms with Gasteiger partial charge in [-0.15, -0.1) is 36.2 Å². The fourth-order valence-corrected chi connectivity index (χ4v) is 2.96. The second kappa shape index (κ2) is 10.6. The van der Waals surface area contributed by atoms with Gasteiger partial charge in [0.1, 0.15) is 10.7 Å². The second-order valence-electron chi connectivity index (χ2n) is 5.38. The van der Waals surface area contributed by atoms with Crippen molar-refractivity contribution >= 4 is 42.1 Å². The van der Waals surface area contributed by atoms with Gasteiger partial charge in [-0.2, -0.15) is 0 Å². The fraction of sp³-hybridized carbons (Fsp3) is 0.375. The van der Waals surface area contributed by atoms with Gasteiger partial charge in [-0.25, -0.2) is 9.37 Å². The van der Waals surface area contributed by atoms with Crippen LogP contribution in [0.5, 0.6) is 0 Å². The summed E-state index contributed by atoms with van der Waals surface area (Å²) in [6.45, 7) is 4.91. The van der Waals surface area contributed by atoms with Crippen LogP contribution in [0.4, 0.5) is 4.39 Å². The highest BCUT2D eigenvalue weighted by Crippen LogP contribution is 2.21. The van der Waals surface area contributed by atoms with E-state index >= 15 is 0 Å². The van der Waals surface area contributed by atoms with Crippen molar-refractivity contribution in [1.29, 1.82) is 0 Å². The molecule has 0 aliphatic rings. The van der Waals surface area contributed by atoms with Crippen molar-refractivity contribution in [3.05, 3.63) is 51.2 Å². The number of aromatic nitrogens is 1. The van der Waals surface area contributed by atoms with E-state index in [-0.39, 0.29) is 42.5 Å². The first-order chi connectivity index (χ1) is 10.5. The summed E-state index contributed by atoms with van der Waals surface area (Å²) in [6.07, 6.45) is 0.596. The van der Waals surface area contributed by atoms with Gasteiger partial charge in [0.05, 0.1) is 10.7 Å². The molecule has 1 amide bonds. The molecule has 4 nitrogen and oxygen atoms in total. The Morgan fingerprint density at radius 2 is 1.96 bits per heavy atom. The number of nitrogens with zero attached hydrogens (tertiary/aromatic N) is 1. The number of nitrogens with two attached hydrogens (primary N) is 1. The van der Waals surface area contributed by atoms with E-state index in [4.69, 9.17) is 5.73 Å². The second-order valence-corrected chi connectivity index (χ2v) is 6.46. The molecule has 2 rings (SSSR count). The number of hydrogen-bond donors (Lipinski definition) is 2. The molecule has 24 heavy (non-hydrogen) atoms. The summed E-state index contributed by atoms with van der Waals surface area (Å²) < 4.78 is 12.9. The molecule has 0 fully saturated rings. The van der Waals surface area contributed by atoms with Crippen LogP contribution >= 0.6 is 36.2 Å². The van der Waals surface area contributed by atoms with E-state index < -0.39 is 0 Å². The lowest BCUT2D eigenvalue weighted by molar-refractivity contribution is 0.0952. The van der Waals surface area contributed by atoms with Crippen molar-refractivity contribution in [3.63, 3.8) is 0 Å². The maximum absolute atomic E-state index is 12.9. The predicted octanol–water partition coefficient (Wildman–Crippen LogP) is 3.35. The van der Waals surface area contributed by atoms with Gasteiger partial charge < -0.3 is 11.1 Å². The van der Waals surface area contributed by atoms with Crippen LogP contribution in [-0.2, 0) is 6.42 Å². The molecule has 0 bridgehead atoms. The minimum absolute atomic E-state index is 0. The van der Waals surface area contributed by atoms with Crippen LogP contribution in [-0.4, -0.2) is 24.0 Å². The maximum Gasteiger partial charge on any atom is 0.263 e. The molecule has 0 saturated heterocycles. The molecule has 0 saturated carbocycles. The average molecular weight is 394 g/mol. The third kappa shape index (κ3) is 6.36. The van der Waals surface area contributed by atoms with E-state index in [0.717, 1.165) is 16.3 Å². The van der Waals surface area contributed by atoms with Crippen LogP contribution in [0.3, 0.4) is 0 Å². The Balaban J connectivity index is 0.00000264. The Kier molecular flexibility index (Phi) is 10.1. The van der Waals surface area contributed by atoms with E-state index in [1.807, 2.05) is 13.8 Å². The lowest BCUT2D eigenvalue weighted by atomic mass is 10.1. The number of hydrogen-bond acceptors (Lipinski definition) is 4. The Bertz CT molecular complexity index is 649. The molecule has 8 heteroatoms. The summed E-state index contributed by atoms with van der Waals surface area (Å²) in [6, 6.07) is 6.32. The van der Waals surface area contributed by atoms with Crippen LogP contribution in [0.1, 0.15) is 32.9 Å². The number of thiazole rings is 1. The Hall–Kier alpha value is -1.21. The van der Waals surface area contributed by atoms with Crippen molar-refractivity contribution in [2.24, 2.45) is 11.7 Å². The minimum Gasteiger partial charge on any atom is -0.351 e. The molecular formula is C16H22Cl2FN3OS. The van der Waals surface area contributed by atoms with Crippen LogP contribution in [0.2, 0.25) is 0 Å². The smallest absolute Gasteiger partial charge is 0.263 e. The molecule has 1 aromatic carbocycles. The molecule has 1 aromatic heterocycles. The predicted molar refractivity (Wildman–Crippen MR) is 101 cm³/mol. The van der Waals surface area contributed by atoms with Crippen molar-refractivity contribution in [3.8, 4) is 0 Å². The zero-order chi connectivity index (χ0) is 16.1. The third-order valence-electron chi connectivity index (χ3n) is 3.33. The first-order valence-corrected chi connectivity index (χ1v) is 8.00. The fourth-order valence-electron chi connectivity index (χ4n) is 1.95. The number of carbonyl (C=O) groups is 1. The monoisotopic (exact) mass is 393 g/mol. The molecule has 3 N–H and O–H groups in total. The lowest BCUT2D eigenvalue weighted by Gasteiger charge is -2.09. The van der Waals surface area contributed by atoms with Crippen LogP contribution in [0.25, 0.3) is 0 Å². The van der Waals surface area contributed by atoms with Crippen LogP contribution < -0.4 is 11.1 Å². The normalized spacial score (nSPS) is 11.2. The van der Waals surface area contributed by atoms with Gasteiger partial charge in [-0.05, 0) is 37.1 Å². The van der Waals surface area contributed by atoms with Gasteiger partial charge in [-0.3, -0.25) is 4.79 Å². The molecule has 2 aromatic rings. The van der Waals surface area contributed by atoms with Gasteiger partial charge in [0, 0.05) is 13.0 Å². The van der Waals surface area contributed by atoms with E-state index in [1.54, 1.807) is 12.1 Å². The van der Waals surface area contributed by atoms with Crippen LogP contribution in [0.15, 0.2) is 24.3 Å². The summed E-state index contributed by atoms with van der Waals surface area (Å²) in [4.78, 5) is 17.2. The first kappa shape index (κ1) is 22.8. The Morgan fingerprint density at radius 3 is 2.54 bits per heavy atom. The largest absolute Gasteiger partial charge is 0.351 e. The maximum atomic E-state index is 12.9. The Labute approximate surface area is 157 Å². The van der Waals surface area contributed by atoms with Crippen molar-refractivity contribution in [2.45, 2.75) is 20.3 Å². The standard InChI is InChI=1S/C16H20FN3OS.2ClH/c1-10(8-18)9-19-16(21)15-11(2)20-14(22-15)7-12-3-5-13(17)6-4-12;;/h3-6,10H,7-9,18H2,1-2H3,(H,19,21);2*1H. The topological polar surface area (TPSA) is 68.0 Å². The van der Waals surface area contributed by atoms with Gasteiger partial charge in [0.2, 0.25) is 0 Å². The van der Waals surface area contributed by atoms with Gasteiger partial charge in [0.15, 0.2) is 0 Å². The lowest BCUT2D eigenvalue weighted by Crippen LogP contribution is -2.31. The summed E-state index contributed by atoms with van der Waals surface area (Å²) in [5.41, 5.74) is 7.23. The number of rotatable bonds is 6. The first-order valence-electron chi connectivity index (χ1n) is 7.18. The van der Waals surface area contributed by atoms with Gasteiger partial charge in [0.25, 0.3) is 5.91 Å². The van der Waals surface area contributed by atoms with Crippen molar-refractivity contribution in [2.75, 3.05) is 13.1 Å². The SMILES string of the molecule is Cc1nc(Cc2ccc(F)cc2)sc1C(=O)NCC(C)CN.Cl.Cl. The summed E-state index contributed by atoms with van der Waals surface area (Å²) in [5, 5.41) is 3.73. The highest BCUT2D eigenvalue weighted by molar-refractivity contribution is 7.13. The Morgan fingerprint density at radius 1 is 1.33 bits per heavy atom. The third-order valence-corrected chi connectivity index (χ3v) is 4.49. The number of nitrogens with one attached hydrogen (secondary N) is 1. The quantitative estimate of drug-likeness (QED) is 0.790. The number of carbonyl (C=O) groups excluding carboxylic acids is 1. The summed E-state index contributed by atoms with van der Waals surface area (Å²) in [7, 11) is 0. The number of amides is 1. The molecule has 0 spiro atoms. The minimum atomic E-state index is -0.256. The van der Waals surface area contributed by atoms with E-state index in [2.05, 4.69) is 10.3 Å². The zero-order valence-electron chi connectivity index (χ0n) is 13.5. The van der Waals surface area contributed by atoms with E-state index in [1.165, 1.54) is 23.5 Å². The molecule has 0 aliphatic carbocycles. The van der Waals surface area contributed by atoms with Crippen molar-refractivity contribution in [1.82, 2.24) is 10.3 Å². The highest BCUT2D eigenvalue weighted by Gasteiger charge is 2.15. The number of benzene rings is 1. The molecular weight excluding hydrogens is 372 g/mol. The molecule has 1 unspecified atom stereocenters. The van der Waals surface area contributed by atoms with Gasteiger partial charge in [-0.1, -0.05) is 19.1 Å². The van der Waals surface area contributed by atoms with Gasteiger partial charge >= 0.3 is 0 Å². The molecule has 1 heterocycles. The van der Waals surface area contributed by atoms with Crippen LogP contribution in [0, 0.1) is 18.7 Å². The van der Waals surface area contributed by atoms with Crippen molar-refractivity contribution < 1.29 is 9.18 Å². The average Bonchev–Trinajstić information content (AvgIpc) is 2.87.